The van der Waals surface area contributed by atoms with Gasteiger partial charge in [0.1, 0.15) is 5.25 Å². The number of hydrogen-bond acceptors (Lipinski definition) is 8. The summed E-state index contributed by atoms with van der Waals surface area (Å²) in [5.41, 5.74) is 6.72. The maximum absolute atomic E-state index is 13.2. The van der Waals surface area contributed by atoms with Gasteiger partial charge in [-0.1, -0.05) is 6.42 Å². The molecule has 6 unspecified atom stereocenters. The van der Waals surface area contributed by atoms with Crippen LogP contribution in [0, 0.1) is 5.92 Å². The number of sulfonamides is 1. The van der Waals surface area contributed by atoms with E-state index in [2.05, 4.69) is 49.9 Å². The van der Waals surface area contributed by atoms with Crippen molar-refractivity contribution in [2.75, 3.05) is 47.3 Å². The van der Waals surface area contributed by atoms with Crippen LogP contribution in [0.4, 0.5) is 0 Å². The highest BCUT2D eigenvalue weighted by molar-refractivity contribution is 7.90. The van der Waals surface area contributed by atoms with Gasteiger partial charge in [-0.3, -0.25) is 10.9 Å². The molecule has 4 fully saturated rings. The third-order valence-electron chi connectivity index (χ3n) is 7.17. The van der Waals surface area contributed by atoms with Gasteiger partial charge in [-0.2, -0.15) is 0 Å². The van der Waals surface area contributed by atoms with Crippen LogP contribution in [0.3, 0.4) is 0 Å². The summed E-state index contributed by atoms with van der Waals surface area (Å²) in [7, 11) is 2.90. The smallest absolute Gasteiger partial charge is 0.217 e. The molecule has 0 bridgehead atoms. The standard InChI is InChI=1S/C18H37N7O2S/c1-23(2)14-7-8-19-17(9-14)25-12-15(11-21-25)28(26,27)22-16-6-4-5-13-10-20-24(3)18(13)16/h13-22H,4-12H2,1-3H3. The van der Waals surface area contributed by atoms with Gasteiger partial charge in [0.05, 0.1) is 6.17 Å². The minimum Gasteiger partial charge on any atom is -0.306 e. The highest BCUT2D eigenvalue weighted by Crippen LogP contribution is 2.31. The van der Waals surface area contributed by atoms with Crippen molar-refractivity contribution < 1.29 is 8.42 Å². The van der Waals surface area contributed by atoms with E-state index in [0.29, 0.717) is 25.0 Å². The van der Waals surface area contributed by atoms with E-state index >= 15 is 0 Å². The lowest BCUT2D eigenvalue weighted by atomic mass is 9.82. The Bertz CT molecular complexity index is 644. The second-order valence-corrected chi connectivity index (χ2v) is 11.2. The SMILES string of the molecule is CN(C)C1CCNC(N2CC(S(=O)(=O)NC3CCCC4CNN(C)C43)CN2)C1. The summed E-state index contributed by atoms with van der Waals surface area (Å²) >= 11 is 0. The van der Waals surface area contributed by atoms with Gasteiger partial charge in [0.25, 0.3) is 0 Å². The van der Waals surface area contributed by atoms with Gasteiger partial charge in [0.15, 0.2) is 0 Å². The molecule has 0 radical (unpaired) electrons. The van der Waals surface area contributed by atoms with Crippen LogP contribution in [-0.2, 0) is 10.0 Å². The molecule has 4 N–H and O–H groups in total. The molecule has 0 aromatic heterocycles. The number of hydrazine groups is 2. The Morgan fingerprint density at radius 2 is 1.93 bits per heavy atom. The highest BCUT2D eigenvalue weighted by Gasteiger charge is 2.44. The predicted octanol–water partition coefficient (Wildman–Crippen LogP) is -1.28. The molecule has 4 aliphatic rings. The minimum absolute atomic E-state index is 0.00345. The lowest BCUT2D eigenvalue weighted by molar-refractivity contribution is 0.0802. The molecule has 3 heterocycles. The lowest BCUT2D eigenvalue weighted by Crippen LogP contribution is -2.56. The molecule has 162 valence electrons. The third kappa shape index (κ3) is 4.24. The molecule has 28 heavy (non-hydrogen) atoms. The predicted molar refractivity (Wildman–Crippen MR) is 110 cm³/mol. The van der Waals surface area contributed by atoms with Crippen molar-refractivity contribution in [1.82, 2.24) is 35.8 Å². The topological polar surface area (TPSA) is 92.0 Å². The minimum atomic E-state index is -3.37. The van der Waals surface area contributed by atoms with E-state index in [0.717, 1.165) is 38.8 Å². The Morgan fingerprint density at radius 3 is 2.71 bits per heavy atom. The van der Waals surface area contributed by atoms with Crippen molar-refractivity contribution in [3.8, 4) is 0 Å². The Labute approximate surface area is 169 Å². The van der Waals surface area contributed by atoms with Gasteiger partial charge in [-0.05, 0) is 52.2 Å². The summed E-state index contributed by atoms with van der Waals surface area (Å²) in [5, 5.41) is 7.35. The molecule has 3 aliphatic heterocycles. The average Bonchev–Trinajstić information content (AvgIpc) is 3.30. The fourth-order valence-electron chi connectivity index (χ4n) is 5.48. The summed E-state index contributed by atoms with van der Waals surface area (Å²) in [6.45, 7) is 2.93. The number of hydrogen-bond donors (Lipinski definition) is 4. The summed E-state index contributed by atoms with van der Waals surface area (Å²) in [4.78, 5) is 2.27. The van der Waals surface area contributed by atoms with Gasteiger partial charge < -0.3 is 10.2 Å². The molecule has 3 saturated heterocycles. The van der Waals surface area contributed by atoms with Gasteiger partial charge in [0, 0.05) is 44.8 Å². The zero-order valence-electron chi connectivity index (χ0n) is 17.4. The van der Waals surface area contributed by atoms with Gasteiger partial charge in [-0.15, -0.1) is 0 Å². The van der Waals surface area contributed by atoms with Crippen molar-refractivity contribution in [2.24, 2.45) is 5.92 Å². The van der Waals surface area contributed by atoms with E-state index in [9.17, 15) is 8.42 Å². The highest BCUT2D eigenvalue weighted by atomic mass is 32.2. The number of piperidine rings is 1. The van der Waals surface area contributed by atoms with Crippen molar-refractivity contribution >= 4 is 10.0 Å². The van der Waals surface area contributed by atoms with E-state index in [4.69, 9.17) is 0 Å². The van der Waals surface area contributed by atoms with Gasteiger partial charge >= 0.3 is 0 Å². The van der Waals surface area contributed by atoms with Crippen LogP contribution >= 0.6 is 0 Å². The monoisotopic (exact) mass is 415 g/mol. The molecule has 0 aromatic carbocycles. The van der Waals surface area contributed by atoms with Crippen LogP contribution in [-0.4, -0.2) is 100 Å². The molecule has 4 rings (SSSR count). The summed E-state index contributed by atoms with van der Waals surface area (Å²) in [6.07, 6.45) is 5.52. The molecule has 0 spiro atoms. The first-order valence-electron chi connectivity index (χ1n) is 10.7. The first-order valence-corrected chi connectivity index (χ1v) is 12.3. The van der Waals surface area contributed by atoms with Gasteiger partial charge in [-0.25, -0.2) is 23.2 Å². The maximum Gasteiger partial charge on any atom is 0.217 e. The fourth-order valence-corrected chi connectivity index (χ4v) is 7.00. The van der Waals surface area contributed by atoms with Crippen molar-refractivity contribution in [1.29, 1.82) is 0 Å². The molecule has 6 atom stereocenters. The van der Waals surface area contributed by atoms with E-state index in [1.807, 2.05) is 7.05 Å². The average molecular weight is 416 g/mol. The number of fused-ring (bicyclic) bond motifs is 1. The Morgan fingerprint density at radius 1 is 1.11 bits per heavy atom. The Hall–Kier alpha value is -0.330. The van der Waals surface area contributed by atoms with Crippen molar-refractivity contribution in [3.05, 3.63) is 0 Å². The summed E-state index contributed by atoms with van der Waals surface area (Å²) < 4.78 is 29.4. The van der Waals surface area contributed by atoms with Crippen LogP contribution in [0.5, 0.6) is 0 Å². The normalized spacial score (nSPS) is 40.9. The van der Waals surface area contributed by atoms with Crippen LogP contribution < -0.4 is 20.9 Å². The first kappa shape index (κ1) is 20.9. The second kappa shape index (κ2) is 8.43. The molecule has 10 heteroatoms. The molecule has 1 saturated carbocycles. The molecule has 9 nitrogen and oxygen atoms in total. The fraction of sp³-hybridized carbons (Fsp3) is 1.00. The van der Waals surface area contributed by atoms with E-state index in [1.54, 1.807) is 0 Å². The van der Waals surface area contributed by atoms with Crippen LogP contribution in [0.25, 0.3) is 0 Å². The molecule has 0 aromatic rings. The van der Waals surface area contributed by atoms with Crippen LogP contribution in [0.2, 0.25) is 0 Å². The summed E-state index contributed by atoms with van der Waals surface area (Å²) in [6, 6.07) is 0.796. The van der Waals surface area contributed by atoms with Crippen molar-refractivity contribution in [3.63, 3.8) is 0 Å². The molecular weight excluding hydrogens is 378 g/mol. The van der Waals surface area contributed by atoms with E-state index in [-0.39, 0.29) is 18.2 Å². The van der Waals surface area contributed by atoms with Crippen LogP contribution in [0.15, 0.2) is 0 Å². The quantitative estimate of drug-likeness (QED) is 0.442. The number of nitrogens with one attached hydrogen (secondary N) is 4. The van der Waals surface area contributed by atoms with Crippen molar-refractivity contribution in [2.45, 2.75) is 61.6 Å². The molecular formula is C18H37N7O2S. The number of likely N-dealkylation sites (N-methyl/N-ethyl adjacent to an activating group) is 1. The third-order valence-corrected chi connectivity index (χ3v) is 9.00. The Kier molecular flexibility index (Phi) is 6.30. The van der Waals surface area contributed by atoms with E-state index in [1.165, 1.54) is 6.42 Å². The Balaban J connectivity index is 1.36. The molecule has 0 amide bonds. The van der Waals surface area contributed by atoms with E-state index < -0.39 is 15.3 Å². The largest absolute Gasteiger partial charge is 0.306 e. The zero-order valence-corrected chi connectivity index (χ0v) is 18.2. The van der Waals surface area contributed by atoms with Gasteiger partial charge in [0.2, 0.25) is 10.0 Å². The number of nitrogens with zero attached hydrogens (tertiary/aromatic N) is 3. The maximum atomic E-state index is 13.2. The lowest BCUT2D eigenvalue weighted by Gasteiger charge is -2.38. The number of rotatable bonds is 5. The van der Waals surface area contributed by atoms with Crippen LogP contribution in [0.1, 0.15) is 32.1 Å². The summed E-state index contributed by atoms with van der Waals surface area (Å²) in [5.74, 6) is 0.541. The second-order valence-electron chi connectivity index (χ2n) is 9.17. The zero-order chi connectivity index (χ0) is 19.9. The first-order chi connectivity index (χ1) is 13.3. The molecule has 1 aliphatic carbocycles.